The molecule has 5 aliphatic rings. The summed E-state index contributed by atoms with van der Waals surface area (Å²) in [6, 6.07) is 4.11. The number of imide groups is 2. The van der Waals surface area contributed by atoms with Crippen molar-refractivity contribution in [2.45, 2.75) is 95.5 Å². The van der Waals surface area contributed by atoms with E-state index in [9.17, 15) is 27.6 Å². The van der Waals surface area contributed by atoms with Crippen LogP contribution in [0.3, 0.4) is 0 Å². The van der Waals surface area contributed by atoms with E-state index in [0.29, 0.717) is 82.2 Å². The highest BCUT2D eigenvalue weighted by Crippen LogP contribution is 2.36. The maximum Gasteiger partial charge on any atom is 0.262 e. The fourth-order valence-corrected chi connectivity index (χ4v) is 12.1. The van der Waals surface area contributed by atoms with Gasteiger partial charge in [-0.25, -0.2) is 40.8 Å². The normalized spacial score (nSPS) is 21.4. The number of fused-ring (bicyclic) bond motifs is 2. The number of nitrogens with one attached hydrogen (secondary N) is 2. The Morgan fingerprint density at radius 3 is 2.17 bits per heavy atom. The molecule has 4 amide bonds. The lowest BCUT2D eigenvalue weighted by molar-refractivity contribution is -0.136. The minimum absolute atomic E-state index is 0.00712. The predicted molar refractivity (Wildman–Crippen MR) is 230 cm³/mol. The van der Waals surface area contributed by atoms with Gasteiger partial charge in [0.1, 0.15) is 28.9 Å². The second kappa shape index (κ2) is 17.2. The second-order valence-electron chi connectivity index (χ2n) is 17.9. The molecular weight excluding hydrogens is 854 g/mol. The van der Waals surface area contributed by atoms with Gasteiger partial charge in [0, 0.05) is 56.8 Å². The SMILES string of the molecule is Cc1nc2c(F)cc(-c3nc(NC4CCN(S(=O)(=O)C5CCN(CC6CCN(c7cc8c(cc7F)C(=O)N(C7CCC(=O)NC7=O)C8=O)CC6)CC5)CC4)ncc3F)cc2n1C(C)C. The third-order valence-corrected chi connectivity index (χ3v) is 15.9. The Balaban J connectivity index is 0.747. The molecule has 7 heterocycles. The number of nitrogens with zero attached hydrogens (tertiary/aromatic N) is 8. The Morgan fingerprint density at radius 2 is 1.50 bits per heavy atom. The molecule has 64 heavy (non-hydrogen) atoms. The Hall–Kier alpha value is -5.47. The average Bonchev–Trinajstić information content (AvgIpc) is 3.73. The molecule has 0 aliphatic carbocycles. The summed E-state index contributed by atoms with van der Waals surface area (Å²) in [5.41, 5.74) is 1.14. The fraction of sp³-hybridized carbons (Fsp3) is 0.523. The number of carbonyl (C=O) groups is 4. The van der Waals surface area contributed by atoms with Crippen LogP contribution in [0.1, 0.15) is 97.8 Å². The highest BCUT2D eigenvalue weighted by molar-refractivity contribution is 7.89. The van der Waals surface area contributed by atoms with Crippen molar-refractivity contribution < 1.29 is 40.8 Å². The molecular formula is C44H51F3N10O6S. The molecule has 4 fully saturated rings. The molecule has 0 radical (unpaired) electrons. The van der Waals surface area contributed by atoms with E-state index in [2.05, 4.69) is 30.5 Å². The number of anilines is 2. The fourth-order valence-electron chi connectivity index (χ4n) is 10.2. The molecule has 9 rings (SSSR count). The number of sulfonamides is 1. The molecule has 2 N–H and O–H groups in total. The minimum atomic E-state index is -3.55. The number of amides is 4. The van der Waals surface area contributed by atoms with Crippen LogP contribution in [-0.4, -0.2) is 129 Å². The van der Waals surface area contributed by atoms with Crippen LogP contribution in [0, 0.1) is 30.3 Å². The number of halogens is 3. The summed E-state index contributed by atoms with van der Waals surface area (Å²) in [5.74, 6) is -3.39. The second-order valence-corrected chi connectivity index (χ2v) is 20.1. The van der Waals surface area contributed by atoms with Crippen molar-refractivity contribution in [3.05, 3.63) is 64.9 Å². The van der Waals surface area contributed by atoms with Gasteiger partial charge in [0.15, 0.2) is 11.6 Å². The van der Waals surface area contributed by atoms with Gasteiger partial charge in [-0.05, 0) is 109 Å². The van der Waals surface area contributed by atoms with E-state index >= 15 is 13.2 Å². The summed E-state index contributed by atoms with van der Waals surface area (Å²) < 4.78 is 76.9. The van der Waals surface area contributed by atoms with E-state index in [1.54, 1.807) is 17.3 Å². The predicted octanol–water partition coefficient (Wildman–Crippen LogP) is 4.79. The first-order valence-corrected chi connectivity index (χ1v) is 23.6. The Kier molecular flexibility index (Phi) is 11.7. The van der Waals surface area contributed by atoms with Gasteiger partial charge in [-0.3, -0.25) is 29.4 Å². The van der Waals surface area contributed by atoms with Crippen molar-refractivity contribution in [2.75, 3.05) is 56.0 Å². The van der Waals surface area contributed by atoms with E-state index in [4.69, 9.17) is 0 Å². The summed E-state index contributed by atoms with van der Waals surface area (Å²) >= 11 is 0. The van der Waals surface area contributed by atoms with Gasteiger partial charge >= 0.3 is 0 Å². The first kappa shape index (κ1) is 43.8. The van der Waals surface area contributed by atoms with Gasteiger partial charge in [0.2, 0.25) is 27.8 Å². The number of rotatable bonds is 10. The first-order valence-electron chi connectivity index (χ1n) is 22.1. The third kappa shape index (κ3) is 8.12. The number of benzene rings is 2. The van der Waals surface area contributed by atoms with Crippen LogP contribution in [0.4, 0.5) is 24.8 Å². The molecule has 16 nitrogen and oxygen atoms in total. The summed E-state index contributed by atoms with van der Waals surface area (Å²) in [7, 11) is -3.55. The van der Waals surface area contributed by atoms with E-state index in [1.807, 2.05) is 23.3 Å². The standard InChI is InChI=1S/C44H51F3N10O6S/c1-24(2)56-25(3)49-40-33(46)18-27(19-37(40)56)39-34(47)22-48-44(52-39)50-28-8-16-55(17-9-28)64(62,63)29-10-12-53(13-11-29)23-26-6-14-54(15-7-26)36-21-31-30(20-32(36)45)42(60)57(43(31)61)35-4-5-38(58)51-41(35)59/h18-22,24,26,28-29,35H,4-17,23H2,1-3H3,(H,48,50,52)(H,51,58,59). The number of aromatic nitrogens is 4. The molecule has 0 saturated carbocycles. The van der Waals surface area contributed by atoms with E-state index in [-0.39, 0.29) is 64.5 Å². The Labute approximate surface area is 368 Å². The van der Waals surface area contributed by atoms with Gasteiger partial charge in [-0.15, -0.1) is 0 Å². The smallest absolute Gasteiger partial charge is 0.262 e. The maximum atomic E-state index is 15.5. The maximum absolute atomic E-state index is 15.5. The van der Waals surface area contributed by atoms with Crippen molar-refractivity contribution in [2.24, 2.45) is 5.92 Å². The minimum Gasteiger partial charge on any atom is -0.369 e. The Morgan fingerprint density at radius 1 is 0.812 bits per heavy atom. The highest BCUT2D eigenvalue weighted by atomic mass is 32.2. The van der Waals surface area contributed by atoms with Gasteiger partial charge < -0.3 is 19.7 Å². The summed E-state index contributed by atoms with van der Waals surface area (Å²) in [5, 5.41) is 4.92. The quantitative estimate of drug-likeness (QED) is 0.208. The largest absolute Gasteiger partial charge is 0.369 e. The summed E-state index contributed by atoms with van der Waals surface area (Å²) in [4.78, 5) is 68.5. The number of hydrogen-bond donors (Lipinski definition) is 2. The van der Waals surface area contributed by atoms with E-state index in [0.717, 1.165) is 36.5 Å². The number of carbonyl (C=O) groups excluding carboxylic acids is 4. The average molecular weight is 905 g/mol. The molecule has 2 aromatic heterocycles. The Bertz CT molecular complexity index is 2650. The molecule has 0 spiro atoms. The van der Waals surface area contributed by atoms with Crippen LogP contribution >= 0.6 is 0 Å². The number of piperidine rings is 4. The first-order chi connectivity index (χ1) is 30.6. The van der Waals surface area contributed by atoms with Crippen LogP contribution in [0.25, 0.3) is 22.3 Å². The zero-order valence-electron chi connectivity index (χ0n) is 35.9. The van der Waals surface area contributed by atoms with Gasteiger partial charge in [-0.2, -0.15) is 0 Å². The molecule has 1 unspecified atom stereocenters. The van der Waals surface area contributed by atoms with Gasteiger partial charge in [-0.1, -0.05) is 0 Å². The van der Waals surface area contributed by atoms with Crippen LogP contribution < -0.4 is 15.5 Å². The molecule has 2 aromatic carbocycles. The molecule has 5 aliphatic heterocycles. The lowest BCUT2D eigenvalue weighted by atomic mass is 9.94. The lowest BCUT2D eigenvalue weighted by Crippen LogP contribution is -2.54. The van der Waals surface area contributed by atoms with Crippen LogP contribution in [0.15, 0.2) is 30.5 Å². The van der Waals surface area contributed by atoms with Crippen molar-refractivity contribution in [1.29, 1.82) is 0 Å². The van der Waals surface area contributed by atoms with Crippen LogP contribution in [0.5, 0.6) is 0 Å². The molecule has 340 valence electrons. The zero-order valence-corrected chi connectivity index (χ0v) is 36.8. The molecule has 0 bridgehead atoms. The van der Waals surface area contributed by atoms with Crippen molar-refractivity contribution in [3.63, 3.8) is 0 Å². The molecule has 4 saturated heterocycles. The lowest BCUT2D eigenvalue weighted by Gasteiger charge is -2.40. The number of likely N-dealkylation sites (tertiary alicyclic amines) is 1. The molecule has 1 atom stereocenters. The van der Waals surface area contributed by atoms with E-state index < -0.39 is 62.4 Å². The van der Waals surface area contributed by atoms with Crippen molar-refractivity contribution >= 4 is 56.3 Å². The van der Waals surface area contributed by atoms with Gasteiger partial charge in [0.05, 0.1) is 33.8 Å². The van der Waals surface area contributed by atoms with Crippen LogP contribution in [0.2, 0.25) is 0 Å². The van der Waals surface area contributed by atoms with Crippen molar-refractivity contribution in [1.82, 2.24) is 38.9 Å². The third-order valence-electron chi connectivity index (χ3n) is 13.5. The topological polar surface area (TPSA) is 183 Å². The van der Waals surface area contributed by atoms with Crippen LogP contribution in [-0.2, 0) is 19.6 Å². The number of aryl methyl sites for hydroxylation is 1. The number of hydrogen-bond acceptors (Lipinski definition) is 12. The summed E-state index contributed by atoms with van der Waals surface area (Å²) in [6.07, 6.45) is 4.62. The zero-order chi connectivity index (χ0) is 45.2. The summed E-state index contributed by atoms with van der Waals surface area (Å²) in [6.45, 7) is 9.50. The van der Waals surface area contributed by atoms with E-state index in [1.165, 1.54) is 12.1 Å². The molecule has 20 heteroatoms. The number of imidazole rings is 1. The van der Waals surface area contributed by atoms with Gasteiger partial charge in [0.25, 0.3) is 11.8 Å². The molecule has 4 aromatic rings. The monoisotopic (exact) mass is 904 g/mol. The van der Waals surface area contributed by atoms with Crippen molar-refractivity contribution in [3.8, 4) is 11.3 Å². The highest BCUT2D eigenvalue weighted by Gasteiger charge is 2.46.